The average molecular weight is 194 g/mol. The van der Waals surface area contributed by atoms with Gasteiger partial charge >= 0.3 is 5.97 Å². The van der Waals surface area contributed by atoms with E-state index in [1.54, 1.807) is 19.1 Å². The summed E-state index contributed by atoms with van der Waals surface area (Å²) >= 11 is 0. The third-order valence-electron chi connectivity index (χ3n) is 1.91. The fraction of sp³-hybridized carbons (Fsp3) is 0.300. The third kappa shape index (κ3) is 2.03. The molecule has 76 valence electrons. The van der Waals surface area contributed by atoms with E-state index in [9.17, 15) is 4.79 Å². The summed E-state index contributed by atoms with van der Waals surface area (Å²) in [5.74, 6) is 4.97. The van der Waals surface area contributed by atoms with Crippen molar-refractivity contribution in [2.45, 2.75) is 13.8 Å². The number of anilines is 1. The van der Waals surface area contributed by atoms with E-state index in [1.165, 1.54) is 0 Å². The van der Waals surface area contributed by atoms with Gasteiger partial charge in [-0.05, 0) is 25.5 Å². The monoisotopic (exact) mass is 194 g/mol. The molecule has 0 saturated carbocycles. The molecule has 1 aromatic rings. The summed E-state index contributed by atoms with van der Waals surface area (Å²) in [6.07, 6.45) is 0. The van der Waals surface area contributed by atoms with Crippen LogP contribution in [0.25, 0.3) is 0 Å². The van der Waals surface area contributed by atoms with E-state index in [1.807, 2.05) is 13.0 Å². The van der Waals surface area contributed by atoms with E-state index in [4.69, 9.17) is 10.6 Å². The molecular formula is C10H14N2O2. The van der Waals surface area contributed by atoms with E-state index in [-0.39, 0.29) is 5.97 Å². The molecule has 0 unspecified atom stereocenters. The highest BCUT2D eigenvalue weighted by molar-refractivity contribution is 5.96. The van der Waals surface area contributed by atoms with Crippen molar-refractivity contribution in [3.8, 4) is 0 Å². The summed E-state index contributed by atoms with van der Waals surface area (Å²) in [7, 11) is 0. The maximum atomic E-state index is 11.5. The van der Waals surface area contributed by atoms with Gasteiger partial charge in [-0.3, -0.25) is 5.84 Å². The van der Waals surface area contributed by atoms with Gasteiger partial charge < -0.3 is 10.2 Å². The highest BCUT2D eigenvalue weighted by Gasteiger charge is 2.12. The van der Waals surface area contributed by atoms with Gasteiger partial charge in [-0.25, -0.2) is 4.79 Å². The van der Waals surface area contributed by atoms with Crippen molar-refractivity contribution in [1.29, 1.82) is 0 Å². The smallest absolute Gasteiger partial charge is 0.340 e. The van der Waals surface area contributed by atoms with Crippen LogP contribution in [-0.2, 0) is 4.74 Å². The van der Waals surface area contributed by atoms with Crippen LogP contribution in [0.15, 0.2) is 18.2 Å². The molecular weight excluding hydrogens is 180 g/mol. The number of rotatable bonds is 3. The molecule has 1 rings (SSSR count). The van der Waals surface area contributed by atoms with Crippen LogP contribution in [0.1, 0.15) is 22.8 Å². The molecule has 0 aliphatic carbocycles. The van der Waals surface area contributed by atoms with Crippen LogP contribution in [0.5, 0.6) is 0 Å². The second kappa shape index (κ2) is 4.62. The quantitative estimate of drug-likeness (QED) is 0.434. The zero-order valence-electron chi connectivity index (χ0n) is 8.33. The Morgan fingerprint density at radius 1 is 1.57 bits per heavy atom. The second-order valence-electron chi connectivity index (χ2n) is 2.86. The molecule has 0 saturated heterocycles. The first-order chi connectivity index (χ1) is 6.70. The van der Waals surface area contributed by atoms with Gasteiger partial charge in [0.05, 0.1) is 17.9 Å². The molecule has 4 heteroatoms. The third-order valence-corrected chi connectivity index (χ3v) is 1.91. The lowest BCUT2D eigenvalue weighted by Crippen LogP contribution is -2.14. The summed E-state index contributed by atoms with van der Waals surface area (Å²) in [5, 5.41) is 0. The Kier molecular flexibility index (Phi) is 3.48. The number of nitrogen functional groups attached to an aromatic ring is 1. The molecule has 4 nitrogen and oxygen atoms in total. The predicted molar refractivity (Wildman–Crippen MR) is 54.9 cm³/mol. The van der Waals surface area contributed by atoms with Crippen molar-refractivity contribution in [3.63, 3.8) is 0 Å². The van der Waals surface area contributed by atoms with Crippen molar-refractivity contribution < 1.29 is 9.53 Å². The van der Waals surface area contributed by atoms with Crippen LogP contribution in [-0.4, -0.2) is 12.6 Å². The summed E-state index contributed by atoms with van der Waals surface area (Å²) in [5.41, 5.74) is 4.50. The number of hydrazine groups is 1. The standard InChI is InChI=1S/C10H14N2O2/c1-3-14-10(13)8-6-4-5-7(2)9(8)12-11/h4-6,12H,3,11H2,1-2H3. The second-order valence-corrected chi connectivity index (χ2v) is 2.86. The molecule has 0 fully saturated rings. The normalized spacial score (nSPS) is 9.64. The summed E-state index contributed by atoms with van der Waals surface area (Å²) in [6.45, 7) is 4.00. The van der Waals surface area contributed by atoms with Gasteiger partial charge in [-0.1, -0.05) is 12.1 Å². The minimum atomic E-state index is -0.357. The van der Waals surface area contributed by atoms with Crippen LogP contribution in [0.3, 0.4) is 0 Å². The van der Waals surface area contributed by atoms with Gasteiger partial charge in [0.1, 0.15) is 0 Å². The zero-order chi connectivity index (χ0) is 10.6. The molecule has 0 spiro atoms. The van der Waals surface area contributed by atoms with Gasteiger partial charge in [-0.15, -0.1) is 0 Å². The van der Waals surface area contributed by atoms with Gasteiger partial charge in [0.15, 0.2) is 0 Å². The number of nitrogens with two attached hydrogens (primary N) is 1. The number of hydrogen-bond acceptors (Lipinski definition) is 4. The van der Waals surface area contributed by atoms with Gasteiger partial charge in [0.2, 0.25) is 0 Å². The lowest BCUT2D eigenvalue weighted by Gasteiger charge is -2.10. The van der Waals surface area contributed by atoms with Crippen LogP contribution in [0, 0.1) is 6.92 Å². The molecule has 0 aliphatic heterocycles. The van der Waals surface area contributed by atoms with Crippen molar-refractivity contribution in [2.75, 3.05) is 12.0 Å². The number of para-hydroxylation sites is 1. The van der Waals surface area contributed by atoms with E-state index in [0.29, 0.717) is 17.9 Å². The van der Waals surface area contributed by atoms with Gasteiger partial charge in [0, 0.05) is 0 Å². The van der Waals surface area contributed by atoms with Crippen molar-refractivity contribution in [3.05, 3.63) is 29.3 Å². The topological polar surface area (TPSA) is 64.3 Å². The number of aryl methyl sites for hydroxylation is 1. The Morgan fingerprint density at radius 3 is 2.86 bits per heavy atom. The van der Waals surface area contributed by atoms with Crippen LogP contribution in [0.2, 0.25) is 0 Å². The van der Waals surface area contributed by atoms with E-state index < -0.39 is 0 Å². The average Bonchev–Trinajstić information content (AvgIpc) is 2.17. The number of benzene rings is 1. The fourth-order valence-corrected chi connectivity index (χ4v) is 1.24. The van der Waals surface area contributed by atoms with Crippen LogP contribution >= 0.6 is 0 Å². The number of hydrogen-bond donors (Lipinski definition) is 2. The van der Waals surface area contributed by atoms with Crippen LogP contribution < -0.4 is 11.3 Å². The maximum absolute atomic E-state index is 11.5. The first kappa shape index (κ1) is 10.5. The van der Waals surface area contributed by atoms with Gasteiger partial charge in [0.25, 0.3) is 0 Å². The first-order valence-corrected chi connectivity index (χ1v) is 4.44. The van der Waals surface area contributed by atoms with Crippen molar-refractivity contribution in [1.82, 2.24) is 0 Å². The SMILES string of the molecule is CCOC(=O)c1cccc(C)c1NN. The molecule has 3 N–H and O–H groups in total. The van der Waals surface area contributed by atoms with E-state index in [0.717, 1.165) is 5.56 Å². The summed E-state index contributed by atoms with van der Waals surface area (Å²) in [4.78, 5) is 11.5. The summed E-state index contributed by atoms with van der Waals surface area (Å²) in [6, 6.07) is 5.35. The molecule has 1 aromatic carbocycles. The number of nitrogens with one attached hydrogen (secondary N) is 1. The minimum Gasteiger partial charge on any atom is -0.462 e. The Labute approximate surface area is 83.0 Å². The molecule has 0 aliphatic rings. The molecule has 0 heterocycles. The predicted octanol–water partition coefficient (Wildman–Crippen LogP) is 1.46. The molecule has 0 amide bonds. The van der Waals surface area contributed by atoms with E-state index >= 15 is 0 Å². The Balaban J connectivity index is 3.07. The number of carbonyl (C=O) groups excluding carboxylic acids is 1. The molecule has 14 heavy (non-hydrogen) atoms. The van der Waals surface area contributed by atoms with E-state index in [2.05, 4.69) is 5.43 Å². The van der Waals surface area contributed by atoms with Crippen molar-refractivity contribution in [2.24, 2.45) is 5.84 Å². The Morgan fingerprint density at radius 2 is 2.29 bits per heavy atom. The lowest BCUT2D eigenvalue weighted by atomic mass is 10.1. The van der Waals surface area contributed by atoms with Crippen LogP contribution in [0.4, 0.5) is 5.69 Å². The fourth-order valence-electron chi connectivity index (χ4n) is 1.24. The first-order valence-electron chi connectivity index (χ1n) is 4.44. The number of ether oxygens (including phenoxy) is 1. The highest BCUT2D eigenvalue weighted by Crippen LogP contribution is 2.19. The molecule has 0 atom stereocenters. The molecule has 0 aromatic heterocycles. The minimum absolute atomic E-state index is 0.357. The number of esters is 1. The number of carbonyl (C=O) groups is 1. The largest absolute Gasteiger partial charge is 0.462 e. The molecule has 0 radical (unpaired) electrons. The highest BCUT2D eigenvalue weighted by atomic mass is 16.5. The lowest BCUT2D eigenvalue weighted by molar-refractivity contribution is 0.0527. The summed E-state index contributed by atoms with van der Waals surface area (Å²) < 4.78 is 4.89. The Hall–Kier alpha value is -1.55. The van der Waals surface area contributed by atoms with Gasteiger partial charge in [-0.2, -0.15) is 0 Å². The molecule has 0 bridgehead atoms. The Bertz CT molecular complexity index is 337. The zero-order valence-corrected chi connectivity index (χ0v) is 8.33. The van der Waals surface area contributed by atoms with Crippen molar-refractivity contribution >= 4 is 11.7 Å². The maximum Gasteiger partial charge on any atom is 0.340 e.